The molecule has 5 nitrogen and oxygen atoms in total. The summed E-state index contributed by atoms with van der Waals surface area (Å²) >= 11 is 6.00. The monoisotopic (exact) mass is 397 g/mol. The number of benzene rings is 1. The molecule has 1 aromatic carbocycles. The third-order valence-electron chi connectivity index (χ3n) is 5.37. The van der Waals surface area contributed by atoms with Gasteiger partial charge in [-0.2, -0.15) is 5.10 Å². The second kappa shape index (κ2) is 6.53. The van der Waals surface area contributed by atoms with Gasteiger partial charge in [0.1, 0.15) is 11.6 Å². The Morgan fingerprint density at radius 3 is 2.65 bits per heavy atom. The summed E-state index contributed by atoms with van der Waals surface area (Å²) < 4.78 is 41.3. The highest BCUT2D eigenvalue weighted by Gasteiger charge is 2.37. The second-order valence-corrected chi connectivity index (χ2v) is 9.75. The minimum absolute atomic E-state index is 0.0103. The summed E-state index contributed by atoms with van der Waals surface area (Å²) in [6, 6.07) is 5.90. The van der Waals surface area contributed by atoms with E-state index < -0.39 is 20.9 Å². The van der Waals surface area contributed by atoms with Gasteiger partial charge in [-0.3, -0.25) is 0 Å². The normalized spacial score (nSPS) is 21.2. The zero-order valence-electron chi connectivity index (χ0n) is 14.5. The first-order valence-corrected chi connectivity index (χ1v) is 10.8. The van der Waals surface area contributed by atoms with E-state index in [2.05, 4.69) is 14.7 Å². The molecular formula is C18H21ClFN3O2S. The minimum atomic E-state index is -3.61. The Hall–Kier alpha value is -1.60. The van der Waals surface area contributed by atoms with Crippen molar-refractivity contribution in [1.29, 1.82) is 0 Å². The summed E-state index contributed by atoms with van der Waals surface area (Å²) in [6.07, 6.45) is 3.97. The molecule has 2 fully saturated rings. The Balaban J connectivity index is 1.59. The highest BCUT2D eigenvalue weighted by molar-refractivity contribution is 7.92. The highest BCUT2D eigenvalue weighted by Crippen LogP contribution is 2.37. The van der Waals surface area contributed by atoms with Crippen molar-refractivity contribution in [1.82, 2.24) is 9.78 Å². The molecule has 1 aliphatic heterocycles. The van der Waals surface area contributed by atoms with Crippen LogP contribution in [0.15, 0.2) is 29.2 Å². The number of rotatable bonds is 4. The largest absolute Gasteiger partial charge is 0.355 e. The van der Waals surface area contributed by atoms with Crippen LogP contribution in [0.5, 0.6) is 0 Å². The number of hydrogen-bond donors (Lipinski definition) is 0. The molecule has 1 saturated carbocycles. The van der Waals surface area contributed by atoms with Crippen LogP contribution in [0.4, 0.5) is 10.2 Å². The second-order valence-electron chi connectivity index (χ2n) is 7.15. The maximum absolute atomic E-state index is 13.3. The van der Waals surface area contributed by atoms with Gasteiger partial charge in [-0.25, -0.2) is 17.5 Å². The number of sulfone groups is 1. The molecule has 0 bridgehead atoms. The van der Waals surface area contributed by atoms with Crippen molar-refractivity contribution in [3.63, 3.8) is 0 Å². The maximum atomic E-state index is 13.3. The van der Waals surface area contributed by atoms with E-state index in [0.29, 0.717) is 25.6 Å². The van der Waals surface area contributed by atoms with E-state index in [1.54, 1.807) is 0 Å². The maximum Gasteiger partial charge on any atom is 0.184 e. The highest BCUT2D eigenvalue weighted by atomic mass is 35.5. The topological polar surface area (TPSA) is 55.2 Å². The molecule has 0 amide bonds. The van der Waals surface area contributed by atoms with E-state index in [9.17, 15) is 12.8 Å². The van der Waals surface area contributed by atoms with Crippen LogP contribution in [0.1, 0.15) is 37.4 Å². The molecule has 1 saturated heterocycles. The van der Waals surface area contributed by atoms with Gasteiger partial charge >= 0.3 is 0 Å². The lowest BCUT2D eigenvalue weighted by Gasteiger charge is -2.30. The fraction of sp³-hybridized carbons (Fsp3) is 0.500. The van der Waals surface area contributed by atoms with Gasteiger partial charge in [-0.05, 0) is 50.8 Å². The summed E-state index contributed by atoms with van der Waals surface area (Å²) in [7, 11) is -3.61. The summed E-state index contributed by atoms with van der Waals surface area (Å²) in [5.41, 5.74) is 0.944. The number of hydrogen-bond acceptors (Lipinski definition) is 4. The van der Waals surface area contributed by atoms with Crippen LogP contribution in [-0.2, 0) is 9.84 Å². The number of aromatic nitrogens is 2. The molecule has 1 aromatic heterocycles. The Bertz CT molecular complexity index is 940. The average molecular weight is 398 g/mol. The van der Waals surface area contributed by atoms with Gasteiger partial charge in [0.25, 0.3) is 0 Å². The van der Waals surface area contributed by atoms with Gasteiger partial charge in [0, 0.05) is 19.2 Å². The zero-order chi connectivity index (χ0) is 18.5. The Kier molecular flexibility index (Phi) is 4.47. The molecule has 2 aliphatic rings. The molecule has 26 heavy (non-hydrogen) atoms. The van der Waals surface area contributed by atoms with Gasteiger partial charge in [-0.15, -0.1) is 0 Å². The smallest absolute Gasteiger partial charge is 0.184 e. The van der Waals surface area contributed by atoms with Crippen LogP contribution in [0, 0.1) is 12.7 Å². The lowest BCUT2D eigenvalue weighted by molar-refractivity contribution is 0.290. The third kappa shape index (κ3) is 3.01. The van der Waals surface area contributed by atoms with E-state index in [0.717, 1.165) is 36.5 Å². The average Bonchev–Trinajstić information content (AvgIpc) is 3.12. The number of aryl methyl sites for hydroxylation is 1. The minimum Gasteiger partial charge on any atom is -0.355 e. The predicted molar refractivity (Wildman–Crippen MR) is 99.1 cm³/mol. The van der Waals surface area contributed by atoms with Crippen LogP contribution in [-0.4, -0.2) is 36.5 Å². The summed E-state index contributed by atoms with van der Waals surface area (Å²) in [5, 5.41) is 3.99. The molecule has 2 heterocycles. The van der Waals surface area contributed by atoms with Crippen molar-refractivity contribution in [2.45, 2.75) is 48.8 Å². The summed E-state index contributed by atoms with van der Waals surface area (Å²) in [6.45, 7) is 3.01. The van der Waals surface area contributed by atoms with Crippen LogP contribution in [0.25, 0.3) is 0 Å². The Morgan fingerprint density at radius 1 is 1.23 bits per heavy atom. The van der Waals surface area contributed by atoms with Crippen molar-refractivity contribution in [2.75, 3.05) is 18.0 Å². The van der Waals surface area contributed by atoms with Crippen molar-refractivity contribution < 1.29 is 12.8 Å². The first-order valence-electron chi connectivity index (χ1n) is 8.86. The van der Waals surface area contributed by atoms with Crippen LogP contribution >= 0.6 is 11.6 Å². The Labute approximate surface area is 157 Å². The van der Waals surface area contributed by atoms with E-state index in [-0.39, 0.29) is 9.92 Å². The molecule has 2 aromatic rings. The SMILES string of the molecule is Cc1cc(N2CCC(S(=O)(=O)c3ccc(F)cc3Cl)C2)n(C2CCC2)n1. The van der Waals surface area contributed by atoms with Gasteiger partial charge in [0.15, 0.2) is 9.84 Å². The van der Waals surface area contributed by atoms with Crippen molar-refractivity contribution in [3.05, 3.63) is 40.8 Å². The number of anilines is 1. The molecule has 0 radical (unpaired) electrons. The fourth-order valence-electron chi connectivity index (χ4n) is 3.71. The molecule has 1 atom stereocenters. The molecule has 1 unspecified atom stereocenters. The lowest BCUT2D eigenvalue weighted by Crippen LogP contribution is -2.30. The first kappa shape index (κ1) is 17.8. The first-order chi connectivity index (χ1) is 12.4. The van der Waals surface area contributed by atoms with E-state index in [4.69, 9.17) is 11.6 Å². The number of halogens is 2. The standard InChI is InChI=1S/C18H21ClFN3O2S/c1-12-9-18(23(21-12)14-3-2-4-14)22-8-7-15(11-22)26(24,25)17-6-5-13(20)10-16(17)19/h5-6,9-10,14-15H,2-4,7-8,11H2,1H3. The van der Waals surface area contributed by atoms with Gasteiger partial charge < -0.3 is 4.90 Å². The molecule has 0 spiro atoms. The zero-order valence-corrected chi connectivity index (χ0v) is 16.1. The van der Waals surface area contributed by atoms with Gasteiger partial charge in [-0.1, -0.05) is 11.6 Å². The van der Waals surface area contributed by atoms with Crippen LogP contribution < -0.4 is 4.90 Å². The molecule has 4 rings (SSSR count). The van der Waals surface area contributed by atoms with E-state index in [1.165, 1.54) is 12.5 Å². The third-order valence-corrected chi connectivity index (χ3v) is 8.02. The quantitative estimate of drug-likeness (QED) is 0.737. The molecule has 0 N–H and O–H groups in total. The van der Waals surface area contributed by atoms with Gasteiger partial charge in [0.05, 0.1) is 26.9 Å². The van der Waals surface area contributed by atoms with Crippen molar-refractivity contribution >= 4 is 27.3 Å². The Morgan fingerprint density at radius 2 is 2.00 bits per heavy atom. The summed E-state index contributed by atoms with van der Waals surface area (Å²) in [5.74, 6) is 0.456. The van der Waals surface area contributed by atoms with E-state index >= 15 is 0 Å². The summed E-state index contributed by atoms with van der Waals surface area (Å²) in [4.78, 5) is 2.11. The molecule has 1 aliphatic carbocycles. The fourth-order valence-corrected chi connectivity index (χ4v) is 5.94. The molecular weight excluding hydrogens is 377 g/mol. The predicted octanol–water partition coefficient (Wildman–Crippen LogP) is 3.76. The van der Waals surface area contributed by atoms with Crippen LogP contribution in [0.3, 0.4) is 0 Å². The van der Waals surface area contributed by atoms with E-state index in [1.807, 2.05) is 13.0 Å². The van der Waals surface area contributed by atoms with Gasteiger partial charge in [0.2, 0.25) is 0 Å². The van der Waals surface area contributed by atoms with Crippen molar-refractivity contribution in [2.24, 2.45) is 0 Å². The lowest BCUT2D eigenvalue weighted by atomic mass is 9.93. The van der Waals surface area contributed by atoms with Crippen LogP contribution in [0.2, 0.25) is 5.02 Å². The number of nitrogens with zero attached hydrogens (tertiary/aromatic N) is 3. The molecule has 140 valence electrons. The molecule has 8 heteroatoms. The van der Waals surface area contributed by atoms with Crippen molar-refractivity contribution in [3.8, 4) is 0 Å².